The van der Waals surface area contributed by atoms with Crippen LogP contribution in [0.25, 0.3) is 10.2 Å². The molecule has 1 N–H and O–H groups in total. The summed E-state index contributed by atoms with van der Waals surface area (Å²) in [7, 11) is 4.59. The molecule has 0 fully saturated rings. The number of aryl methyl sites for hydroxylation is 1. The molecule has 1 heterocycles. The Balaban J connectivity index is 0.000000341. The van der Waals surface area contributed by atoms with Gasteiger partial charge in [-0.05, 0) is 55.4 Å². The number of fused-ring (bicyclic) bond motifs is 1. The number of para-hydroxylation sites is 1. The number of hydrogen-bond acceptors (Lipinski definition) is 7. The lowest BCUT2D eigenvalue weighted by atomic mass is 9.86. The van der Waals surface area contributed by atoms with Crippen molar-refractivity contribution in [3.05, 3.63) is 52.5 Å². The highest BCUT2D eigenvalue weighted by Crippen LogP contribution is 2.33. The third-order valence-electron chi connectivity index (χ3n) is 6.49. The molecule has 2 aromatic carbocycles. The molecule has 0 radical (unpaired) electrons. The highest BCUT2D eigenvalue weighted by Gasteiger charge is 2.21. The molecule has 37 heavy (non-hydrogen) atoms. The van der Waals surface area contributed by atoms with Gasteiger partial charge >= 0.3 is 5.97 Å². The predicted molar refractivity (Wildman–Crippen MR) is 151 cm³/mol. The van der Waals surface area contributed by atoms with Gasteiger partial charge in [-0.1, -0.05) is 46.2 Å². The average Bonchev–Trinajstić information content (AvgIpc) is 3.27. The number of carbonyl (C=O) groups excluding carboxylic acids is 2. The Kier molecular flexibility index (Phi) is 12.0. The molecule has 0 aliphatic rings. The molecule has 0 bridgehead atoms. The van der Waals surface area contributed by atoms with E-state index in [0.29, 0.717) is 22.9 Å². The molecule has 1 amide bonds. The summed E-state index contributed by atoms with van der Waals surface area (Å²) < 4.78 is 16.0. The number of esters is 1. The zero-order valence-electron chi connectivity index (χ0n) is 23.2. The van der Waals surface area contributed by atoms with E-state index in [0.717, 1.165) is 33.7 Å². The zero-order valence-corrected chi connectivity index (χ0v) is 24.0. The van der Waals surface area contributed by atoms with Crippen LogP contribution in [-0.2, 0) is 9.47 Å². The van der Waals surface area contributed by atoms with E-state index >= 15 is 0 Å². The Bertz CT molecular complexity index is 1180. The number of carbonyl (C=O) groups is 2. The molecule has 3 rings (SSSR count). The maximum absolute atomic E-state index is 12.9. The van der Waals surface area contributed by atoms with Crippen molar-refractivity contribution in [1.29, 1.82) is 0 Å². The van der Waals surface area contributed by atoms with Crippen molar-refractivity contribution < 1.29 is 23.8 Å². The first-order chi connectivity index (χ1) is 17.7. The fraction of sp³-hybridized carbons (Fsp3) is 0.483. The molecule has 0 aliphatic carbocycles. The minimum atomic E-state index is -0.519. The van der Waals surface area contributed by atoms with Crippen molar-refractivity contribution >= 4 is 39.1 Å². The van der Waals surface area contributed by atoms with E-state index in [-0.39, 0.29) is 11.5 Å². The first kappa shape index (κ1) is 30.3. The number of hydrogen-bond donors (Lipinski definition) is 1. The van der Waals surface area contributed by atoms with Crippen LogP contribution in [0.15, 0.2) is 36.4 Å². The second kappa shape index (κ2) is 14.7. The van der Waals surface area contributed by atoms with Crippen molar-refractivity contribution in [1.82, 2.24) is 4.98 Å². The van der Waals surface area contributed by atoms with Gasteiger partial charge in [0.1, 0.15) is 11.3 Å². The summed E-state index contributed by atoms with van der Waals surface area (Å²) in [6.45, 7) is 12.0. The molecule has 0 saturated carbocycles. The second-order valence-corrected chi connectivity index (χ2v) is 10.6. The number of nitrogens with zero attached hydrogens (tertiary/aromatic N) is 1. The molecule has 202 valence electrons. The molecule has 0 aliphatic heterocycles. The Morgan fingerprint density at radius 1 is 1.03 bits per heavy atom. The van der Waals surface area contributed by atoms with Gasteiger partial charge in [-0.3, -0.25) is 4.79 Å². The second-order valence-electron chi connectivity index (χ2n) is 9.37. The molecule has 1 aromatic heterocycles. The van der Waals surface area contributed by atoms with Gasteiger partial charge in [0.05, 0.1) is 40.7 Å². The number of amides is 1. The van der Waals surface area contributed by atoms with Crippen LogP contribution in [0.5, 0.6) is 5.75 Å². The van der Waals surface area contributed by atoms with E-state index in [1.807, 2.05) is 13.0 Å². The number of benzene rings is 2. The van der Waals surface area contributed by atoms with Crippen LogP contribution >= 0.6 is 11.3 Å². The van der Waals surface area contributed by atoms with Crippen LogP contribution in [0, 0.1) is 24.7 Å². The minimum Gasteiger partial charge on any atom is -0.496 e. The van der Waals surface area contributed by atoms with Crippen LogP contribution < -0.4 is 10.1 Å². The first-order valence-electron chi connectivity index (χ1n) is 12.6. The number of nitrogens with one attached hydrogen (secondary N) is 1. The fourth-order valence-electron chi connectivity index (χ4n) is 4.16. The Morgan fingerprint density at radius 3 is 2.35 bits per heavy atom. The molecule has 3 unspecified atom stereocenters. The molecule has 0 spiro atoms. The molecule has 7 nitrogen and oxygen atoms in total. The monoisotopic (exact) mass is 528 g/mol. The molecular weight excluding hydrogens is 488 g/mol. The van der Waals surface area contributed by atoms with Crippen LogP contribution in [0.1, 0.15) is 66.3 Å². The first-order valence-corrected chi connectivity index (χ1v) is 13.4. The third kappa shape index (κ3) is 8.27. The number of rotatable bonds is 10. The summed E-state index contributed by atoms with van der Waals surface area (Å²) in [5, 5.41) is 3.63. The van der Waals surface area contributed by atoms with Crippen LogP contribution in [0.2, 0.25) is 0 Å². The maximum Gasteiger partial charge on any atom is 0.339 e. The number of aromatic nitrogens is 1. The molecular formula is C29H40N2O5S. The fourth-order valence-corrected chi connectivity index (χ4v) is 5.11. The van der Waals surface area contributed by atoms with E-state index < -0.39 is 5.97 Å². The van der Waals surface area contributed by atoms with Gasteiger partial charge in [0.2, 0.25) is 0 Å². The van der Waals surface area contributed by atoms with Gasteiger partial charge in [0, 0.05) is 13.7 Å². The van der Waals surface area contributed by atoms with Gasteiger partial charge in [0.15, 0.2) is 0 Å². The highest BCUT2D eigenvalue weighted by molar-refractivity contribution is 7.19. The summed E-state index contributed by atoms with van der Waals surface area (Å²) in [5.74, 6) is 1.95. The van der Waals surface area contributed by atoms with E-state index in [4.69, 9.17) is 14.2 Å². The number of anilines is 1. The summed E-state index contributed by atoms with van der Waals surface area (Å²) >= 11 is 1.42. The predicted octanol–water partition coefficient (Wildman–Crippen LogP) is 6.99. The summed E-state index contributed by atoms with van der Waals surface area (Å²) in [6.07, 6.45) is 2.59. The lowest BCUT2D eigenvalue weighted by Crippen LogP contribution is -2.16. The molecule has 8 heteroatoms. The van der Waals surface area contributed by atoms with Crippen molar-refractivity contribution in [2.45, 2.75) is 47.5 Å². The third-order valence-corrected chi connectivity index (χ3v) is 7.50. The Labute approximate surface area is 224 Å². The largest absolute Gasteiger partial charge is 0.496 e. The van der Waals surface area contributed by atoms with Gasteiger partial charge < -0.3 is 19.5 Å². The van der Waals surface area contributed by atoms with Crippen LogP contribution in [-0.4, -0.2) is 44.8 Å². The highest BCUT2D eigenvalue weighted by atomic mass is 32.1. The van der Waals surface area contributed by atoms with Gasteiger partial charge in [-0.15, -0.1) is 11.3 Å². The van der Waals surface area contributed by atoms with Crippen molar-refractivity contribution in [2.24, 2.45) is 17.8 Å². The van der Waals surface area contributed by atoms with Gasteiger partial charge in [0.25, 0.3) is 5.91 Å². The summed E-state index contributed by atoms with van der Waals surface area (Å²) in [6, 6.07) is 10.2. The van der Waals surface area contributed by atoms with E-state index in [1.54, 1.807) is 37.4 Å². The number of thiazole rings is 1. The lowest BCUT2D eigenvalue weighted by molar-refractivity contribution is 0.0602. The zero-order chi connectivity index (χ0) is 27.5. The van der Waals surface area contributed by atoms with E-state index in [9.17, 15) is 9.59 Å². The van der Waals surface area contributed by atoms with E-state index in [2.05, 4.69) is 38.0 Å². The van der Waals surface area contributed by atoms with Crippen molar-refractivity contribution in [3.63, 3.8) is 0 Å². The normalized spacial score (nSPS) is 13.2. The SMILES string of the molecule is CCC(C)C(C)CC(C)COC.COC(=O)c1ccccc1NC(=O)c1c(OC)ccc2nc(C)sc12. The van der Waals surface area contributed by atoms with Crippen LogP contribution in [0.4, 0.5) is 5.69 Å². The smallest absolute Gasteiger partial charge is 0.339 e. The summed E-state index contributed by atoms with van der Waals surface area (Å²) in [4.78, 5) is 29.2. The Hall–Kier alpha value is -2.97. The van der Waals surface area contributed by atoms with Gasteiger partial charge in [-0.25, -0.2) is 9.78 Å². The average molecular weight is 529 g/mol. The standard InChI is InChI=1S/C18H16N2O4S.C11H24O/c1-10-19-13-8-9-14(23-2)15(16(13)25-10)17(21)20-12-7-5-4-6-11(12)18(22)24-3;1-6-10(3)11(4)7-9(2)8-12-5/h4-9H,1-3H3,(H,20,21);9-11H,6-8H2,1-5H3. The Morgan fingerprint density at radius 2 is 1.73 bits per heavy atom. The topological polar surface area (TPSA) is 86.8 Å². The lowest BCUT2D eigenvalue weighted by Gasteiger charge is -2.21. The number of methoxy groups -OCH3 is 3. The summed E-state index contributed by atoms with van der Waals surface area (Å²) in [5.41, 5.74) is 1.78. The maximum atomic E-state index is 12.9. The minimum absolute atomic E-state index is 0.282. The molecule has 3 atom stereocenters. The van der Waals surface area contributed by atoms with Crippen molar-refractivity contribution in [3.8, 4) is 5.75 Å². The molecule has 3 aromatic rings. The molecule has 0 saturated heterocycles. The van der Waals surface area contributed by atoms with Gasteiger partial charge in [-0.2, -0.15) is 0 Å². The van der Waals surface area contributed by atoms with E-state index in [1.165, 1.54) is 38.4 Å². The number of ether oxygens (including phenoxy) is 3. The quantitative estimate of drug-likeness (QED) is 0.285. The van der Waals surface area contributed by atoms with Crippen LogP contribution in [0.3, 0.4) is 0 Å². The van der Waals surface area contributed by atoms with Crippen molar-refractivity contribution in [2.75, 3.05) is 33.3 Å².